The van der Waals surface area contributed by atoms with Crippen molar-refractivity contribution in [3.8, 4) is 5.69 Å². The van der Waals surface area contributed by atoms with Crippen molar-refractivity contribution in [3.63, 3.8) is 0 Å². The number of sulfone groups is 1. The zero-order valence-electron chi connectivity index (χ0n) is 22.2. The maximum atomic E-state index is 13.5. The molecule has 10 heteroatoms. The second kappa shape index (κ2) is 10.0. The highest BCUT2D eigenvalue weighted by molar-refractivity contribution is 7.91. The van der Waals surface area contributed by atoms with E-state index >= 15 is 0 Å². The lowest BCUT2D eigenvalue weighted by Crippen LogP contribution is -2.33. The fourth-order valence-electron chi connectivity index (χ4n) is 6.53. The molecule has 1 saturated carbocycles. The number of amides is 1. The van der Waals surface area contributed by atoms with Gasteiger partial charge in [-0.3, -0.25) is 9.59 Å². The van der Waals surface area contributed by atoms with Crippen LogP contribution < -0.4 is 16.8 Å². The van der Waals surface area contributed by atoms with Gasteiger partial charge in [0.1, 0.15) is 6.10 Å². The van der Waals surface area contributed by atoms with E-state index in [-0.39, 0.29) is 29.9 Å². The molecule has 0 bridgehead atoms. The Morgan fingerprint density at radius 2 is 1.82 bits per heavy atom. The maximum absolute atomic E-state index is 13.5. The fourth-order valence-corrected chi connectivity index (χ4v) is 8.93. The van der Waals surface area contributed by atoms with E-state index in [4.69, 9.17) is 16.2 Å². The molecule has 206 valence electrons. The smallest absolute Gasteiger partial charge is 0.319 e. The topological polar surface area (TPSA) is 147 Å². The molecule has 0 radical (unpaired) electrons. The average molecular weight is 543 g/mol. The number of rotatable bonds is 6. The summed E-state index contributed by atoms with van der Waals surface area (Å²) in [7, 11) is -3.40. The van der Waals surface area contributed by atoms with Crippen molar-refractivity contribution in [1.29, 1.82) is 0 Å². The number of nitrogens with two attached hydrogens (primary N) is 2. The summed E-state index contributed by atoms with van der Waals surface area (Å²) in [6, 6.07) is 5.63. The van der Waals surface area contributed by atoms with E-state index in [2.05, 4.69) is 9.88 Å². The Labute approximate surface area is 224 Å². The Hall–Kier alpha value is -2.85. The number of benzene rings is 1. The first kappa shape index (κ1) is 26.7. The number of ether oxygens (including phenoxy) is 1. The third-order valence-corrected chi connectivity index (χ3v) is 10.3. The van der Waals surface area contributed by atoms with Crippen molar-refractivity contribution in [1.82, 2.24) is 4.57 Å². The maximum Gasteiger partial charge on any atom is 0.319 e. The molecule has 0 unspecified atom stereocenters. The molecule has 1 aromatic carbocycles. The minimum absolute atomic E-state index is 0.0861. The number of carbonyl (C=O) groups is 2. The van der Waals surface area contributed by atoms with Crippen LogP contribution in [0.15, 0.2) is 23.1 Å². The largest absolute Gasteiger partial charge is 0.461 e. The molecule has 3 aliphatic rings. The van der Waals surface area contributed by atoms with E-state index in [9.17, 15) is 18.0 Å². The highest BCUT2D eigenvalue weighted by atomic mass is 32.2. The highest BCUT2D eigenvalue weighted by Crippen LogP contribution is 2.44. The third kappa shape index (κ3) is 5.08. The van der Waals surface area contributed by atoms with E-state index in [0.29, 0.717) is 35.4 Å². The molecule has 1 amide bonds. The molecule has 0 saturated heterocycles. The van der Waals surface area contributed by atoms with Crippen LogP contribution in [0.2, 0.25) is 0 Å². The first-order chi connectivity index (χ1) is 18.0. The van der Waals surface area contributed by atoms with Crippen LogP contribution in [-0.2, 0) is 38.6 Å². The van der Waals surface area contributed by atoms with Gasteiger partial charge in [0.25, 0.3) is 5.91 Å². The van der Waals surface area contributed by atoms with Crippen LogP contribution in [0, 0.1) is 5.41 Å². The van der Waals surface area contributed by atoms with Gasteiger partial charge >= 0.3 is 5.97 Å². The molecule has 38 heavy (non-hydrogen) atoms. The lowest BCUT2D eigenvalue weighted by molar-refractivity contribution is -0.148. The molecule has 2 aromatic rings. The highest BCUT2D eigenvalue weighted by Gasteiger charge is 2.42. The lowest BCUT2D eigenvalue weighted by atomic mass is 9.89. The Kier molecular flexibility index (Phi) is 7.06. The molecule has 1 aromatic heterocycles. The summed E-state index contributed by atoms with van der Waals surface area (Å²) in [5, 5.41) is 3.52. The van der Waals surface area contributed by atoms with Gasteiger partial charge in [-0.05, 0) is 87.0 Å². The Morgan fingerprint density at radius 1 is 1.11 bits per heavy atom. The van der Waals surface area contributed by atoms with Crippen LogP contribution in [0.4, 0.5) is 5.69 Å². The Bertz CT molecular complexity index is 1370. The van der Waals surface area contributed by atoms with Crippen LogP contribution in [0.1, 0.15) is 79.7 Å². The number of fused-ring (bicyclic) bond motifs is 3. The van der Waals surface area contributed by atoms with Crippen LogP contribution in [0.5, 0.6) is 0 Å². The summed E-state index contributed by atoms with van der Waals surface area (Å²) in [5.41, 5.74) is 15.5. The quantitative estimate of drug-likeness (QED) is 0.476. The third-order valence-electron chi connectivity index (χ3n) is 8.08. The summed E-state index contributed by atoms with van der Waals surface area (Å²) >= 11 is 0. The van der Waals surface area contributed by atoms with Crippen molar-refractivity contribution < 1.29 is 22.7 Å². The molecular weight excluding hydrogens is 504 g/mol. The van der Waals surface area contributed by atoms with E-state index in [1.54, 1.807) is 6.07 Å². The van der Waals surface area contributed by atoms with E-state index in [1.807, 2.05) is 26.0 Å². The number of anilines is 1. The van der Waals surface area contributed by atoms with Gasteiger partial charge < -0.3 is 26.1 Å². The minimum Gasteiger partial charge on any atom is -0.461 e. The first-order valence-electron chi connectivity index (χ1n) is 13.6. The van der Waals surface area contributed by atoms with Crippen LogP contribution in [0.3, 0.4) is 0 Å². The van der Waals surface area contributed by atoms with Crippen LogP contribution in [-0.4, -0.2) is 49.3 Å². The van der Waals surface area contributed by atoms with Crippen molar-refractivity contribution >= 4 is 27.4 Å². The monoisotopic (exact) mass is 542 g/mol. The number of primary amides is 1. The summed E-state index contributed by atoms with van der Waals surface area (Å²) < 4.78 is 34.5. The van der Waals surface area contributed by atoms with Crippen molar-refractivity contribution in [2.24, 2.45) is 16.9 Å². The number of hydrogen-bond acceptors (Lipinski definition) is 7. The second-order valence-electron chi connectivity index (χ2n) is 11.7. The molecule has 0 atom stereocenters. The molecular formula is C28H38N4O5S. The fraction of sp³-hybridized carbons (Fsp3) is 0.571. The minimum atomic E-state index is -3.40. The van der Waals surface area contributed by atoms with Crippen LogP contribution in [0.25, 0.3) is 5.69 Å². The number of esters is 1. The molecule has 1 aliphatic heterocycles. The number of nitrogens with zero attached hydrogens (tertiary/aromatic N) is 1. The summed E-state index contributed by atoms with van der Waals surface area (Å²) in [5.74, 6) is -0.765. The Balaban J connectivity index is 1.51. The molecule has 5 rings (SSSR count). The lowest BCUT2D eigenvalue weighted by Gasteiger charge is -2.31. The molecule has 9 nitrogen and oxygen atoms in total. The standard InChI is InChI=1S/C28H38N4O5S/c1-28(2)14-24-26(38(35,36)16-28)21-5-3-4-6-23(21)32(24)18-9-12-20(27(30)34)22(13-18)31-17-7-10-19(11-8-17)37-25(33)15-29/h9,12-13,17,19,31H,3-8,10-11,14-16,29H2,1-2H3,(H2,30,34). The predicted octanol–water partition coefficient (Wildman–Crippen LogP) is 3.04. The van der Waals surface area contributed by atoms with Gasteiger partial charge in [0, 0.05) is 28.8 Å². The summed E-state index contributed by atoms with van der Waals surface area (Å²) in [4.78, 5) is 24.4. The van der Waals surface area contributed by atoms with Crippen molar-refractivity contribution in [2.75, 3.05) is 17.6 Å². The predicted molar refractivity (Wildman–Crippen MR) is 145 cm³/mol. The van der Waals surface area contributed by atoms with Gasteiger partial charge in [0.15, 0.2) is 9.84 Å². The van der Waals surface area contributed by atoms with Gasteiger partial charge in [-0.2, -0.15) is 0 Å². The van der Waals surface area contributed by atoms with Gasteiger partial charge in [-0.25, -0.2) is 8.42 Å². The van der Waals surface area contributed by atoms with Gasteiger partial charge in [0.05, 0.1) is 22.8 Å². The average Bonchev–Trinajstić information content (AvgIpc) is 3.18. The number of aromatic nitrogens is 1. The van der Waals surface area contributed by atoms with E-state index < -0.39 is 21.7 Å². The normalized spacial score (nSPS) is 23.7. The zero-order valence-corrected chi connectivity index (χ0v) is 23.0. The zero-order chi connectivity index (χ0) is 27.2. The van der Waals surface area contributed by atoms with E-state index in [0.717, 1.165) is 61.2 Å². The van der Waals surface area contributed by atoms with Crippen molar-refractivity contribution in [2.45, 2.75) is 88.7 Å². The first-order valence-corrected chi connectivity index (χ1v) is 15.2. The molecule has 2 aliphatic carbocycles. The molecule has 0 spiro atoms. The summed E-state index contributed by atoms with van der Waals surface area (Å²) in [6.07, 6.45) is 7.07. The van der Waals surface area contributed by atoms with Crippen molar-refractivity contribution in [3.05, 3.63) is 40.7 Å². The number of hydrogen-bond donors (Lipinski definition) is 3. The Morgan fingerprint density at radius 3 is 2.50 bits per heavy atom. The summed E-state index contributed by atoms with van der Waals surface area (Å²) in [6.45, 7) is 3.89. The number of carbonyl (C=O) groups excluding carboxylic acids is 2. The van der Waals surface area contributed by atoms with Crippen LogP contribution >= 0.6 is 0 Å². The van der Waals surface area contributed by atoms with Gasteiger partial charge in [-0.15, -0.1) is 0 Å². The molecule has 2 heterocycles. The second-order valence-corrected chi connectivity index (χ2v) is 13.7. The van der Waals surface area contributed by atoms with E-state index in [1.165, 1.54) is 0 Å². The van der Waals surface area contributed by atoms with Gasteiger partial charge in [-0.1, -0.05) is 13.8 Å². The SMILES string of the molecule is CC1(C)Cc2c(c3c(n2-c2ccc(C(N)=O)c(NC4CCC(OC(=O)CN)CC4)c2)CCCC3)S(=O)(=O)C1. The number of nitrogens with one attached hydrogen (secondary N) is 1. The van der Waals surface area contributed by atoms with Gasteiger partial charge in [0.2, 0.25) is 0 Å². The molecule has 5 N–H and O–H groups in total. The molecule has 1 fully saturated rings.